The Labute approximate surface area is 182 Å². The Hall–Kier alpha value is -2.70. The first kappa shape index (κ1) is 21.5. The van der Waals surface area contributed by atoms with Gasteiger partial charge in [0.15, 0.2) is 0 Å². The van der Waals surface area contributed by atoms with E-state index in [4.69, 9.17) is 0 Å². The summed E-state index contributed by atoms with van der Waals surface area (Å²) in [6.07, 6.45) is 5.65. The van der Waals surface area contributed by atoms with Crippen molar-refractivity contribution in [3.8, 4) is 0 Å². The largest absolute Gasteiger partial charge is 0.548 e. The first-order chi connectivity index (χ1) is 14.9. The number of halogens is 1. The summed E-state index contributed by atoms with van der Waals surface area (Å²) in [5, 5.41) is 15.9. The van der Waals surface area contributed by atoms with Crippen LogP contribution < -0.4 is 10.4 Å². The summed E-state index contributed by atoms with van der Waals surface area (Å²) in [4.78, 5) is 17.3. The number of aliphatic carboxylic acids is 1. The molecule has 1 saturated carbocycles. The number of nitrogens with one attached hydrogen (secondary N) is 2. The maximum Gasteiger partial charge on any atom is 0.123 e. The molecular formula is C25H29FN3O2-. The number of aromatic amines is 1. The summed E-state index contributed by atoms with van der Waals surface area (Å²) in [5.74, 6) is -1.46. The highest BCUT2D eigenvalue weighted by atomic mass is 19.1. The summed E-state index contributed by atoms with van der Waals surface area (Å²) in [6, 6.07) is 14.3. The summed E-state index contributed by atoms with van der Waals surface area (Å²) in [7, 11) is 4.22. The molecule has 1 aliphatic carbocycles. The number of carboxylic acid groups (broad SMARTS) is 1. The van der Waals surface area contributed by atoms with Gasteiger partial charge in [-0.2, -0.15) is 0 Å². The van der Waals surface area contributed by atoms with Crippen molar-refractivity contribution in [3.05, 3.63) is 71.7 Å². The number of rotatable bonds is 7. The molecule has 4 rings (SSSR count). The maximum atomic E-state index is 13.7. The van der Waals surface area contributed by atoms with Crippen LogP contribution in [-0.4, -0.2) is 42.0 Å². The quantitative estimate of drug-likeness (QED) is 0.614. The van der Waals surface area contributed by atoms with Crippen LogP contribution in [0.15, 0.2) is 54.7 Å². The molecule has 0 aliphatic heterocycles. The molecule has 1 fully saturated rings. The zero-order chi connectivity index (χ0) is 22.0. The average Bonchev–Trinajstić information content (AvgIpc) is 3.16. The Bertz CT molecular complexity index is 1040. The number of aromatic nitrogens is 1. The zero-order valence-electron chi connectivity index (χ0n) is 18.0. The molecule has 0 bridgehead atoms. The molecule has 31 heavy (non-hydrogen) atoms. The first-order valence-corrected chi connectivity index (χ1v) is 10.8. The van der Waals surface area contributed by atoms with Gasteiger partial charge in [0.1, 0.15) is 5.82 Å². The molecule has 0 saturated heterocycles. The predicted molar refractivity (Wildman–Crippen MR) is 118 cm³/mol. The van der Waals surface area contributed by atoms with Crippen molar-refractivity contribution in [3.63, 3.8) is 0 Å². The minimum atomic E-state index is -1.13. The van der Waals surface area contributed by atoms with Gasteiger partial charge < -0.3 is 20.2 Å². The lowest BCUT2D eigenvalue weighted by atomic mass is 9.74. The van der Waals surface area contributed by atoms with Crippen LogP contribution in [0.2, 0.25) is 0 Å². The molecule has 3 aromatic rings. The highest BCUT2D eigenvalue weighted by Crippen LogP contribution is 2.41. The number of benzene rings is 2. The summed E-state index contributed by atoms with van der Waals surface area (Å²) in [6.45, 7) is 0. The molecule has 1 aliphatic rings. The number of H-pyrrole nitrogens is 1. The van der Waals surface area contributed by atoms with Gasteiger partial charge in [0.25, 0.3) is 0 Å². The molecule has 1 heterocycles. The minimum Gasteiger partial charge on any atom is -0.548 e. The van der Waals surface area contributed by atoms with E-state index in [0.29, 0.717) is 5.39 Å². The standard InChI is InChI=1S/C25H30FN3O2/c1-29(2)25(18-6-4-3-5-7-18)12-10-20(11-13-25)28-23(24(30)31)14-17-16-27-22-9-8-19(26)15-21(17)22/h3-9,15-16,20,23,27-28H,10-14H2,1-2H3,(H,30,31)/p-1. The number of carbonyl (C=O) groups is 1. The fraction of sp³-hybridized carbons (Fsp3) is 0.400. The van der Waals surface area contributed by atoms with Gasteiger partial charge in [0, 0.05) is 28.7 Å². The van der Waals surface area contributed by atoms with Crippen LogP contribution in [-0.2, 0) is 16.8 Å². The summed E-state index contributed by atoms with van der Waals surface area (Å²) < 4.78 is 13.7. The Kier molecular flexibility index (Phi) is 6.12. The average molecular weight is 423 g/mol. The van der Waals surface area contributed by atoms with Gasteiger partial charge in [-0.25, -0.2) is 4.39 Å². The van der Waals surface area contributed by atoms with Crippen LogP contribution in [0, 0.1) is 5.82 Å². The Morgan fingerprint density at radius 3 is 2.58 bits per heavy atom. The highest BCUT2D eigenvalue weighted by Gasteiger charge is 2.39. The van der Waals surface area contributed by atoms with Crippen molar-refractivity contribution in [2.75, 3.05) is 14.1 Å². The lowest BCUT2D eigenvalue weighted by Gasteiger charge is -2.46. The summed E-state index contributed by atoms with van der Waals surface area (Å²) >= 11 is 0. The van der Waals surface area contributed by atoms with Crippen molar-refractivity contribution in [1.29, 1.82) is 0 Å². The van der Waals surface area contributed by atoms with E-state index in [1.807, 2.05) is 6.07 Å². The van der Waals surface area contributed by atoms with Crippen LogP contribution in [0.3, 0.4) is 0 Å². The molecule has 1 unspecified atom stereocenters. The SMILES string of the molecule is CN(C)C1(c2ccccc2)CCC(NC(Cc2c[nH]c3ccc(F)cc23)C(=O)[O-])CC1. The number of hydrogen-bond acceptors (Lipinski definition) is 4. The lowest BCUT2D eigenvalue weighted by molar-refractivity contribution is -0.308. The second-order valence-corrected chi connectivity index (χ2v) is 8.81. The van der Waals surface area contributed by atoms with Crippen molar-refractivity contribution < 1.29 is 14.3 Å². The van der Waals surface area contributed by atoms with Crippen molar-refractivity contribution in [2.45, 2.75) is 49.7 Å². The van der Waals surface area contributed by atoms with Crippen LogP contribution in [0.1, 0.15) is 36.8 Å². The monoisotopic (exact) mass is 422 g/mol. The van der Waals surface area contributed by atoms with Gasteiger partial charge in [-0.1, -0.05) is 30.3 Å². The fourth-order valence-electron chi connectivity index (χ4n) is 5.04. The first-order valence-electron chi connectivity index (χ1n) is 10.8. The van der Waals surface area contributed by atoms with Gasteiger partial charge in [-0.05, 0) is 75.5 Å². The third-order valence-electron chi connectivity index (χ3n) is 6.85. The molecule has 2 aromatic carbocycles. The van der Waals surface area contributed by atoms with Gasteiger partial charge in [0.05, 0.1) is 12.0 Å². The predicted octanol–water partition coefficient (Wildman–Crippen LogP) is 2.96. The molecule has 1 aromatic heterocycles. The van der Waals surface area contributed by atoms with Crippen LogP contribution in [0.4, 0.5) is 4.39 Å². The molecule has 5 nitrogen and oxygen atoms in total. The number of carbonyl (C=O) groups excluding carboxylic acids is 1. The number of carboxylic acids is 1. The zero-order valence-corrected chi connectivity index (χ0v) is 18.0. The molecule has 0 spiro atoms. The van der Waals surface area contributed by atoms with E-state index in [1.165, 1.54) is 17.7 Å². The van der Waals surface area contributed by atoms with Gasteiger partial charge in [-0.15, -0.1) is 0 Å². The Morgan fingerprint density at radius 1 is 1.23 bits per heavy atom. The fourth-order valence-corrected chi connectivity index (χ4v) is 5.04. The van der Waals surface area contributed by atoms with Crippen molar-refractivity contribution >= 4 is 16.9 Å². The topological polar surface area (TPSA) is 71.2 Å². The van der Waals surface area contributed by atoms with Crippen molar-refractivity contribution in [1.82, 2.24) is 15.2 Å². The molecule has 1 atom stereocenters. The Balaban J connectivity index is 1.46. The number of nitrogens with zero attached hydrogens (tertiary/aromatic N) is 1. The number of fused-ring (bicyclic) bond motifs is 1. The molecule has 0 amide bonds. The van der Waals surface area contributed by atoms with E-state index in [9.17, 15) is 14.3 Å². The van der Waals surface area contributed by atoms with E-state index in [2.05, 4.69) is 53.6 Å². The molecular weight excluding hydrogens is 393 g/mol. The number of hydrogen-bond donors (Lipinski definition) is 2. The normalized spacial score (nSPS) is 22.6. The Morgan fingerprint density at radius 2 is 1.94 bits per heavy atom. The van der Waals surface area contributed by atoms with E-state index in [1.54, 1.807) is 12.3 Å². The smallest absolute Gasteiger partial charge is 0.123 e. The van der Waals surface area contributed by atoms with Gasteiger partial charge in [-0.3, -0.25) is 4.90 Å². The van der Waals surface area contributed by atoms with Gasteiger partial charge in [0.2, 0.25) is 0 Å². The van der Waals surface area contributed by atoms with E-state index in [0.717, 1.165) is 36.8 Å². The van der Waals surface area contributed by atoms with Crippen LogP contribution in [0.25, 0.3) is 10.9 Å². The van der Waals surface area contributed by atoms with E-state index in [-0.39, 0.29) is 23.8 Å². The van der Waals surface area contributed by atoms with Gasteiger partial charge >= 0.3 is 0 Å². The van der Waals surface area contributed by atoms with E-state index < -0.39 is 12.0 Å². The van der Waals surface area contributed by atoms with Crippen LogP contribution in [0.5, 0.6) is 0 Å². The van der Waals surface area contributed by atoms with Crippen LogP contribution >= 0.6 is 0 Å². The van der Waals surface area contributed by atoms with Crippen molar-refractivity contribution in [2.24, 2.45) is 0 Å². The summed E-state index contributed by atoms with van der Waals surface area (Å²) in [5.41, 5.74) is 2.84. The minimum absolute atomic E-state index is 0.0369. The molecule has 0 radical (unpaired) electrons. The molecule has 164 valence electrons. The third-order valence-corrected chi connectivity index (χ3v) is 6.85. The third kappa shape index (κ3) is 4.36. The maximum absolute atomic E-state index is 13.7. The molecule has 2 N–H and O–H groups in total. The molecule has 6 heteroatoms. The second-order valence-electron chi connectivity index (χ2n) is 8.81. The second kappa shape index (κ2) is 8.81. The van der Waals surface area contributed by atoms with E-state index >= 15 is 0 Å². The highest BCUT2D eigenvalue weighted by molar-refractivity contribution is 5.84. The lowest BCUT2D eigenvalue weighted by Crippen LogP contribution is -2.54.